The Morgan fingerprint density at radius 2 is 2.15 bits per heavy atom. The van der Waals surface area contributed by atoms with Crippen molar-refractivity contribution in [3.8, 4) is 0 Å². The number of nitrogens with one attached hydrogen (secondary N) is 1. The van der Waals surface area contributed by atoms with E-state index in [1.165, 1.54) is 12.8 Å². The smallest absolute Gasteiger partial charge is 0.253 e. The molecule has 0 saturated heterocycles. The van der Waals surface area contributed by atoms with Crippen molar-refractivity contribution in [2.45, 2.75) is 65.0 Å². The second kappa shape index (κ2) is 5.60. The molecule has 112 valence electrons. The third-order valence-corrected chi connectivity index (χ3v) is 4.50. The number of hydrogen-bond acceptors (Lipinski definition) is 2. The van der Waals surface area contributed by atoms with E-state index in [2.05, 4.69) is 16.8 Å². The van der Waals surface area contributed by atoms with E-state index in [1.807, 2.05) is 26.8 Å². The molecule has 2 rings (SSSR count). The first-order chi connectivity index (χ1) is 9.41. The van der Waals surface area contributed by atoms with Crippen LogP contribution in [0.3, 0.4) is 0 Å². The number of aliphatic hydroxyl groups is 1. The molecule has 1 unspecified atom stereocenters. The first-order valence-electron chi connectivity index (χ1n) is 7.53. The average Bonchev–Trinajstić information content (AvgIpc) is 3.16. The fraction of sp³-hybridized carbons (Fsp3) is 0.688. The molecular formula is C16H26N2O2. The molecule has 1 aromatic rings. The van der Waals surface area contributed by atoms with Crippen LogP contribution in [0.15, 0.2) is 6.07 Å². The summed E-state index contributed by atoms with van der Waals surface area (Å²) in [4.78, 5) is 12.5. The van der Waals surface area contributed by atoms with Gasteiger partial charge in [0.1, 0.15) is 0 Å². The number of carbonyl (C=O) groups is 1. The molecule has 2 N–H and O–H groups in total. The minimum atomic E-state index is -0.339. The number of nitrogens with zero attached hydrogens (tertiary/aromatic N) is 1. The normalized spacial score (nSPS) is 17.9. The van der Waals surface area contributed by atoms with E-state index in [4.69, 9.17) is 5.11 Å². The zero-order valence-electron chi connectivity index (χ0n) is 13.0. The number of hydrogen-bond donors (Lipinski definition) is 2. The van der Waals surface area contributed by atoms with Crippen LogP contribution >= 0.6 is 0 Å². The lowest BCUT2D eigenvalue weighted by Gasteiger charge is -2.29. The van der Waals surface area contributed by atoms with Crippen molar-refractivity contribution in [1.29, 1.82) is 0 Å². The Kier molecular flexibility index (Phi) is 4.23. The summed E-state index contributed by atoms with van der Waals surface area (Å²) in [5.41, 5.74) is 2.65. The van der Waals surface area contributed by atoms with Crippen molar-refractivity contribution >= 4 is 5.91 Å². The van der Waals surface area contributed by atoms with Crippen molar-refractivity contribution in [2.24, 2.45) is 0 Å². The van der Waals surface area contributed by atoms with Crippen LogP contribution in [0.4, 0.5) is 0 Å². The maximum absolute atomic E-state index is 12.5. The Morgan fingerprint density at radius 1 is 1.50 bits per heavy atom. The van der Waals surface area contributed by atoms with Crippen LogP contribution in [0.25, 0.3) is 0 Å². The predicted molar refractivity (Wildman–Crippen MR) is 80.0 cm³/mol. The van der Waals surface area contributed by atoms with E-state index in [1.54, 1.807) is 0 Å². The molecule has 1 aromatic heterocycles. The molecule has 4 nitrogen and oxygen atoms in total. The number of aliphatic hydroxyl groups excluding tert-OH is 1. The van der Waals surface area contributed by atoms with Gasteiger partial charge >= 0.3 is 0 Å². The Morgan fingerprint density at radius 3 is 2.65 bits per heavy atom. The molecule has 0 spiro atoms. The van der Waals surface area contributed by atoms with E-state index < -0.39 is 0 Å². The topological polar surface area (TPSA) is 54.3 Å². The molecule has 1 aliphatic rings. The van der Waals surface area contributed by atoms with Gasteiger partial charge in [-0.1, -0.05) is 6.92 Å². The Bertz CT molecular complexity index is 503. The van der Waals surface area contributed by atoms with Crippen LogP contribution in [0.1, 0.15) is 67.3 Å². The molecule has 1 heterocycles. The maximum atomic E-state index is 12.5. The highest BCUT2D eigenvalue weighted by Gasteiger charge is 2.30. The summed E-state index contributed by atoms with van der Waals surface area (Å²) >= 11 is 0. The lowest BCUT2D eigenvalue weighted by molar-refractivity contribution is 0.0885. The SMILES string of the molecule is CCC(C)(CCO)NC(=O)c1cc(C)n(C2CC2)c1C. The molecule has 1 atom stereocenters. The summed E-state index contributed by atoms with van der Waals surface area (Å²) < 4.78 is 2.28. The summed E-state index contributed by atoms with van der Waals surface area (Å²) in [7, 11) is 0. The zero-order valence-corrected chi connectivity index (χ0v) is 13.0. The van der Waals surface area contributed by atoms with E-state index >= 15 is 0 Å². The quantitative estimate of drug-likeness (QED) is 0.840. The first-order valence-corrected chi connectivity index (χ1v) is 7.53. The molecule has 0 aliphatic heterocycles. The highest BCUT2D eigenvalue weighted by Crippen LogP contribution is 2.38. The number of aromatic nitrogens is 1. The Hall–Kier alpha value is -1.29. The average molecular weight is 278 g/mol. The van der Waals surface area contributed by atoms with E-state index in [9.17, 15) is 4.79 Å². The molecule has 1 aliphatic carbocycles. The largest absolute Gasteiger partial charge is 0.396 e. The van der Waals surface area contributed by atoms with Gasteiger partial charge < -0.3 is 15.0 Å². The Labute approximate surface area is 121 Å². The van der Waals surface area contributed by atoms with Crippen molar-refractivity contribution in [3.05, 3.63) is 23.0 Å². The molecule has 0 radical (unpaired) electrons. The lowest BCUT2D eigenvalue weighted by atomic mass is 9.94. The fourth-order valence-electron chi connectivity index (χ4n) is 2.82. The molecule has 20 heavy (non-hydrogen) atoms. The summed E-state index contributed by atoms with van der Waals surface area (Å²) in [6.07, 6.45) is 3.82. The van der Waals surface area contributed by atoms with Gasteiger partial charge in [0.25, 0.3) is 5.91 Å². The molecule has 0 bridgehead atoms. The first kappa shape index (κ1) is 15.1. The second-order valence-electron chi connectivity index (χ2n) is 6.23. The van der Waals surface area contributed by atoms with Crippen molar-refractivity contribution in [2.75, 3.05) is 6.61 Å². The van der Waals surface area contributed by atoms with Gasteiger partial charge in [-0.25, -0.2) is 0 Å². The third kappa shape index (κ3) is 2.90. The summed E-state index contributed by atoms with van der Waals surface area (Å²) in [5.74, 6) is -0.0252. The van der Waals surface area contributed by atoms with E-state index in [0.717, 1.165) is 23.4 Å². The molecule has 4 heteroatoms. The minimum Gasteiger partial charge on any atom is -0.396 e. The van der Waals surface area contributed by atoms with Gasteiger partial charge in [0.05, 0.1) is 5.56 Å². The number of amides is 1. The lowest BCUT2D eigenvalue weighted by Crippen LogP contribution is -2.46. The van der Waals surface area contributed by atoms with Gasteiger partial charge in [0, 0.05) is 29.6 Å². The van der Waals surface area contributed by atoms with Gasteiger partial charge in [-0.3, -0.25) is 4.79 Å². The Balaban J connectivity index is 2.19. The monoisotopic (exact) mass is 278 g/mol. The van der Waals surface area contributed by atoms with Crippen molar-refractivity contribution in [3.63, 3.8) is 0 Å². The number of carbonyl (C=O) groups excluding carboxylic acids is 1. The number of aryl methyl sites for hydroxylation is 1. The van der Waals surface area contributed by atoms with Gasteiger partial charge in [0.2, 0.25) is 0 Å². The van der Waals surface area contributed by atoms with Crippen LogP contribution in [0, 0.1) is 13.8 Å². The van der Waals surface area contributed by atoms with E-state index in [0.29, 0.717) is 12.5 Å². The number of rotatable bonds is 6. The summed E-state index contributed by atoms with van der Waals surface area (Å²) in [6, 6.07) is 2.57. The van der Waals surface area contributed by atoms with Crippen LogP contribution in [0.2, 0.25) is 0 Å². The second-order valence-corrected chi connectivity index (χ2v) is 6.23. The van der Waals surface area contributed by atoms with Crippen LogP contribution in [0.5, 0.6) is 0 Å². The maximum Gasteiger partial charge on any atom is 0.253 e. The van der Waals surface area contributed by atoms with Crippen molar-refractivity contribution in [1.82, 2.24) is 9.88 Å². The standard InChI is InChI=1S/C16H26N2O2/c1-5-16(4,8-9-19)17-15(20)14-10-11(2)18(12(14)3)13-6-7-13/h10,13,19H,5-9H2,1-4H3,(H,17,20). The zero-order chi connectivity index (χ0) is 14.9. The van der Waals surface area contributed by atoms with E-state index in [-0.39, 0.29) is 18.1 Å². The molecule has 1 saturated carbocycles. The van der Waals surface area contributed by atoms with Gasteiger partial charge in [-0.2, -0.15) is 0 Å². The highest BCUT2D eigenvalue weighted by atomic mass is 16.3. The van der Waals surface area contributed by atoms with Crippen LogP contribution in [-0.2, 0) is 0 Å². The fourth-order valence-corrected chi connectivity index (χ4v) is 2.82. The van der Waals surface area contributed by atoms with Crippen molar-refractivity contribution < 1.29 is 9.90 Å². The van der Waals surface area contributed by atoms with Gasteiger partial charge in [-0.05, 0) is 52.5 Å². The summed E-state index contributed by atoms with van der Waals surface area (Å²) in [5, 5.41) is 12.2. The van der Waals surface area contributed by atoms with Crippen LogP contribution in [-0.4, -0.2) is 27.7 Å². The van der Waals surface area contributed by atoms with Crippen LogP contribution < -0.4 is 5.32 Å². The minimum absolute atomic E-state index is 0.0252. The summed E-state index contributed by atoms with van der Waals surface area (Å²) in [6.45, 7) is 8.20. The van der Waals surface area contributed by atoms with Gasteiger partial charge in [0.15, 0.2) is 0 Å². The van der Waals surface area contributed by atoms with Gasteiger partial charge in [-0.15, -0.1) is 0 Å². The molecule has 1 fully saturated rings. The molecule has 1 amide bonds. The third-order valence-electron chi connectivity index (χ3n) is 4.50. The molecular weight excluding hydrogens is 252 g/mol. The molecule has 0 aromatic carbocycles. The highest BCUT2D eigenvalue weighted by molar-refractivity contribution is 5.96. The predicted octanol–water partition coefficient (Wildman–Crippen LogP) is 2.72.